The van der Waals surface area contributed by atoms with Gasteiger partial charge in [0.2, 0.25) is 5.13 Å². The van der Waals surface area contributed by atoms with E-state index < -0.39 is 0 Å². The monoisotopic (exact) mass is 481 g/mol. The van der Waals surface area contributed by atoms with Gasteiger partial charge in [0.15, 0.2) is 0 Å². The van der Waals surface area contributed by atoms with E-state index in [1.54, 1.807) is 36.4 Å². The smallest absolute Gasteiger partial charge is 0.280 e. The number of fused-ring (bicyclic) bond motifs is 1. The second-order valence-electron chi connectivity index (χ2n) is 7.82. The van der Waals surface area contributed by atoms with Crippen molar-refractivity contribution in [1.29, 1.82) is 0 Å². The molecule has 1 aromatic heterocycles. The zero-order chi connectivity index (χ0) is 24.2. The number of halogens is 1. The van der Waals surface area contributed by atoms with Gasteiger partial charge in [-0.1, -0.05) is 47.7 Å². The molecule has 0 aliphatic heterocycles. The van der Waals surface area contributed by atoms with E-state index in [4.69, 9.17) is 4.74 Å². The Morgan fingerprint density at radius 1 is 0.943 bits per heavy atom. The second-order valence-corrected chi connectivity index (χ2v) is 8.83. The van der Waals surface area contributed by atoms with Gasteiger partial charge in [0.1, 0.15) is 17.3 Å². The molecule has 0 spiro atoms. The number of para-hydroxylation sites is 1. The second kappa shape index (κ2) is 9.87. The normalized spacial score (nSPS) is 11.1. The van der Waals surface area contributed by atoms with Gasteiger partial charge >= 0.3 is 0 Å². The van der Waals surface area contributed by atoms with Crippen molar-refractivity contribution in [2.24, 2.45) is 5.10 Å². The number of aryl methyl sites for hydroxylation is 1. The number of rotatable bonds is 6. The fraction of sp³-hybridized carbons (Fsp3) is 0.0357. The molecule has 0 saturated heterocycles. The molecule has 1 heterocycles. The van der Waals surface area contributed by atoms with Crippen molar-refractivity contribution in [2.45, 2.75) is 6.92 Å². The number of nitrogens with zero attached hydrogens (tertiary/aromatic N) is 3. The number of benzene rings is 4. The number of amides is 1. The molecule has 0 unspecified atom stereocenters. The topological polar surface area (TPSA) is 54.8 Å². The molecule has 172 valence electrons. The van der Waals surface area contributed by atoms with E-state index in [1.165, 1.54) is 34.7 Å². The molecule has 7 heteroatoms. The Kier molecular flexibility index (Phi) is 6.32. The summed E-state index contributed by atoms with van der Waals surface area (Å²) in [5.41, 5.74) is 2.98. The minimum atomic E-state index is -0.342. The first-order valence-electron chi connectivity index (χ1n) is 10.9. The summed E-state index contributed by atoms with van der Waals surface area (Å²) in [5, 5.41) is 6.15. The van der Waals surface area contributed by atoms with Crippen LogP contribution < -0.4 is 9.75 Å². The van der Waals surface area contributed by atoms with E-state index in [9.17, 15) is 9.18 Å². The van der Waals surface area contributed by atoms with Crippen LogP contribution in [-0.2, 0) is 0 Å². The van der Waals surface area contributed by atoms with Crippen molar-refractivity contribution >= 4 is 38.8 Å². The summed E-state index contributed by atoms with van der Waals surface area (Å²) in [5.74, 6) is 0.645. The Labute approximate surface area is 205 Å². The third-order valence-electron chi connectivity index (χ3n) is 5.18. The zero-order valence-corrected chi connectivity index (χ0v) is 19.6. The number of carbonyl (C=O) groups excluding carboxylic acids is 1. The van der Waals surface area contributed by atoms with Crippen LogP contribution >= 0.6 is 11.3 Å². The van der Waals surface area contributed by atoms with Gasteiger partial charge in [-0.25, -0.2) is 9.37 Å². The van der Waals surface area contributed by atoms with Crippen molar-refractivity contribution in [3.8, 4) is 11.5 Å². The first-order valence-corrected chi connectivity index (χ1v) is 11.7. The Hall–Kier alpha value is -4.36. The van der Waals surface area contributed by atoms with E-state index in [1.807, 2.05) is 55.5 Å². The number of hydrogen-bond acceptors (Lipinski definition) is 5. The van der Waals surface area contributed by atoms with E-state index in [0.29, 0.717) is 27.8 Å². The van der Waals surface area contributed by atoms with Crippen LogP contribution in [0.25, 0.3) is 10.2 Å². The predicted octanol–water partition coefficient (Wildman–Crippen LogP) is 7.22. The molecular weight excluding hydrogens is 461 g/mol. The molecule has 0 N–H and O–H groups in total. The summed E-state index contributed by atoms with van der Waals surface area (Å²) in [6.45, 7) is 2.01. The summed E-state index contributed by atoms with van der Waals surface area (Å²) < 4.78 is 20.1. The van der Waals surface area contributed by atoms with Crippen LogP contribution in [0.15, 0.2) is 102 Å². The maximum atomic E-state index is 13.5. The third-order valence-corrected chi connectivity index (χ3v) is 6.17. The van der Waals surface area contributed by atoms with Gasteiger partial charge in [-0.2, -0.15) is 10.1 Å². The lowest BCUT2D eigenvalue weighted by Gasteiger charge is -2.14. The minimum Gasteiger partial charge on any atom is -0.457 e. The van der Waals surface area contributed by atoms with Crippen LogP contribution in [0.1, 0.15) is 21.5 Å². The van der Waals surface area contributed by atoms with Crippen LogP contribution in [0.4, 0.5) is 9.52 Å². The summed E-state index contributed by atoms with van der Waals surface area (Å²) in [4.78, 5) is 18.1. The molecule has 5 nitrogen and oxygen atoms in total. The van der Waals surface area contributed by atoms with Crippen molar-refractivity contribution < 1.29 is 13.9 Å². The first-order chi connectivity index (χ1) is 17.0. The lowest BCUT2D eigenvalue weighted by molar-refractivity contribution is 0.0988. The molecule has 5 aromatic rings. The predicted molar refractivity (Wildman–Crippen MR) is 138 cm³/mol. The average molecular weight is 482 g/mol. The van der Waals surface area contributed by atoms with Crippen LogP contribution in [-0.4, -0.2) is 17.1 Å². The largest absolute Gasteiger partial charge is 0.457 e. The summed E-state index contributed by atoms with van der Waals surface area (Å²) in [6.07, 6.45) is 1.52. The lowest BCUT2D eigenvalue weighted by Crippen LogP contribution is -2.25. The number of hydrazone groups is 1. The molecule has 0 aliphatic rings. The number of anilines is 1. The van der Waals surface area contributed by atoms with Gasteiger partial charge in [0, 0.05) is 5.56 Å². The summed E-state index contributed by atoms with van der Waals surface area (Å²) >= 11 is 1.38. The molecule has 0 bridgehead atoms. The lowest BCUT2D eigenvalue weighted by atomic mass is 10.2. The molecule has 0 saturated carbocycles. The standard InChI is InChI=1S/C28H20FN3O2S/c1-19-7-16-25-26(17-19)35-28(31-25)32(30-18-20-8-12-22(29)13-9-20)27(33)21-10-14-24(15-11-21)34-23-5-3-2-4-6-23/h2-18H,1H3/b30-18+. The van der Waals surface area contributed by atoms with Crippen LogP contribution in [0.3, 0.4) is 0 Å². The number of ether oxygens (including phenoxy) is 1. The summed E-state index contributed by atoms with van der Waals surface area (Å²) in [6, 6.07) is 28.1. The highest BCUT2D eigenvalue weighted by molar-refractivity contribution is 7.22. The molecule has 0 radical (unpaired) electrons. The molecule has 35 heavy (non-hydrogen) atoms. The van der Waals surface area contributed by atoms with Crippen LogP contribution in [0, 0.1) is 12.7 Å². The number of hydrogen-bond donors (Lipinski definition) is 0. The van der Waals surface area contributed by atoms with E-state index in [-0.39, 0.29) is 11.7 Å². The first kappa shape index (κ1) is 22.4. The highest BCUT2D eigenvalue weighted by Gasteiger charge is 2.21. The molecular formula is C28H20FN3O2S. The van der Waals surface area contributed by atoms with Crippen LogP contribution in [0.5, 0.6) is 11.5 Å². The third kappa shape index (κ3) is 5.26. The Balaban J connectivity index is 1.46. The average Bonchev–Trinajstić information content (AvgIpc) is 3.29. The fourth-order valence-corrected chi connectivity index (χ4v) is 4.40. The molecule has 0 atom stereocenters. The van der Waals surface area contributed by atoms with Crippen molar-refractivity contribution in [3.05, 3.63) is 120 Å². The van der Waals surface area contributed by atoms with E-state index in [2.05, 4.69) is 10.1 Å². The molecule has 5 rings (SSSR count). The zero-order valence-electron chi connectivity index (χ0n) is 18.8. The minimum absolute atomic E-state index is 0.338. The number of aromatic nitrogens is 1. The molecule has 0 aliphatic carbocycles. The van der Waals surface area contributed by atoms with Gasteiger partial charge in [-0.05, 0) is 78.7 Å². The maximum absolute atomic E-state index is 13.5. The van der Waals surface area contributed by atoms with Gasteiger partial charge in [0.05, 0.1) is 16.4 Å². The van der Waals surface area contributed by atoms with Gasteiger partial charge in [-0.3, -0.25) is 4.79 Å². The quantitative estimate of drug-likeness (QED) is 0.190. The van der Waals surface area contributed by atoms with Crippen molar-refractivity contribution in [3.63, 3.8) is 0 Å². The summed E-state index contributed by atoms with van der Waals surface area (Å²) in [7, 11) is 0. The fourth-order valence-electron chi connectivity index (χ4n) is 3.38. The Bertz CT molecular complexity index is 1500. The highest BCUT2D eigenvalue weighted by Crippen LogP contribution is 2.31. The van der Waals surface area contributed by atoms with Gasteiger partial charge in [0.25, 0.3) is 5.91 Å². The molecule has 0 fully saturated rings. The van der Waals surface area contributed by atoms with E-state index in [0.717, 1.165) is 15.8 Å². The molecule has 4 aromatic carbocycles. The SMILES string of the molecule is Cc1ccc2nc(N(/N=C/c3ccc(F)cc3)C(=O)c3ccc(Oc4ccccc4)cc3)sc2c1. The number of carbonyl (C=O) groups is 1. The highest BCUT2D eigenvalue weighted by atomic mass is 32.1. The van der Waals surface area contributed by atoms with Gasteiger partial charge in [-0.15, -0.1) is 0 Å². The molecule has 1 amide bonds. The number of thiazole rings is 1. The van der Waals surface area contributed by atoms with Crippen molar-refractivity contribution in [1.82, 2.24) is 4.98 Å². The Morgan fingerprint density at radius 2 is 1.66 bits per heavy atom. The van der Waals surface area contributed by atoms with E-state index >= 15 is 0 Å². The Morgan fingerprint density at radius 3 is 2.40 bits per heavy atom. The maximum Gasteiger partial charge on any atom is 0.280 e. The van der Waals surface area contributed by atoms with Crippen molar-refractivity contribution in [2.75, 3.05) is 5.01 Å². The van der Waals surface area contributed by atoms with Gasteiger partial charge < -0.3 is 4.74 Å². The van der Waals surface area contributed by atoms with Crippen LogP contribution in [0.2, 0.25) is 0 Å².